The maximum atomic E-state index is 10.3. The van der Waals surface area contributed by atoms with E-state index in [1.165, 1.54) is 6.07 Å². The molecule has 1 aromatic carbocycles. The van der Waals surface area contributed by atoms with Gasteiger partial charge in [-0.05, 0) is 22.0 Å². The van der Waals surface area contributed by atoms with Crippen LogP contribution in [0, 0.1) is 10.1 Å². The molecule has 0 atom stereocenters. The third kappa shape index (κ3) is 1.67. The second-order valence-electron chi connectivity index (χ2n) is 2.01. The van der Waals surface area contributed by atoms with E-state index in [1.54, 1.807) is 0 Å². The summed E-state index contributed by atoms with van der Waals surface area (Å²) < 4.78 is 0.332. The van der Waals surface area contributed by atoms with E-state index < -0.39 is 4.92 Å². The number of rotatable bonds is 1. The summed E-state index contributed by atoms with van der Waals surface area (Å²) in [6.07, 6.45) is 0. The van der Waals surface area contributed by atoms with Crippen LogP contribution < -0.4 is 0 Å². The van der Waals surface area contributed by atoms with Crippen LogP contribution in [-0.4, -0.2) is 10.0 Å². The third-order valence-corrected chi connectivity index (χ3v) is 2.15. The van der Waals surface area contributed by atoms with Gasteiger partial charge in [0.15, 0.2) is 0 Å². The fourth-order valence-corrected chi connectivity index (χ4v) is 1.37. The summed E-state index contributed by atoms with van der Waals surface area (Å²) in [6.45, 7) is 0. The SMILES string of the molecule is O=[N+]([O-])c1cc(O)c(Br)cc1Cl. The maximum Gasteiger partial charge on any atom is 0.291 e. The average molecular weight is 252 g/mol. The van der Waals surface area contributed by atoms with E-state index >= 15 is 0 Å². The molecular formula is C6H3BrClNO3. The van der Waals surface area contributed by atoms with E-state index in [0.29, 0.717) is 4.47 Å². The Morgan fingerprint density at radius 3 is 2.67 bits per heavy atom. The molecule has 1 N–H and O–H groups in total. The van der Waals surface area contributed by atoms with Crippen molar-refractivity contribution in [1.82, 2.24) is 0 Å². The van der Waals surface area contributed by atoms with Gasteiger partial charge in [-0.25, -0.2) is 0 Å². The molecule has 0 aromatic heterocycles. The fraction of sp³-hybridized carbons (Fsp3) is 0. The molecule has 0 heterocycles. The molecule has 0 aliphatic rings. The van der Waals surface area contributed by atoms with Crippen molar-refractivity contribution in [2.75, 3.05) is 0 Å². The molecule has 1 rings (SSSR count). The Morgan fingerprint density at radius 2 is 2.17 bits per heavy atom. The zero-order valence-corrected chi connectivity index (χ0v) is 7.96. The molecule has 0 unspecified atom stereocenters. The summed E-state index contributed by atoms with van der Waals surface area (Å²) in [4.78, 5) is 9.62. The van der Waals surface area contributed by atoms with Gasteiger partial charge < -0.3 is 5.11 Å². The Morgan fingerprint density at radius 1 is 1.58 bits per heavy atom. The Kier molecular flexibility index (Phi) is 2.54. The van der Waals surface area contributed by atoms with Crippen LogP contribution in [0.1, 0.15) is 0 Å². The van der Waals surface area contributed by atoms with Crippen LogP contribution in [-0.2, 0) is 0 Å². The third-order valence-electron chi connectivity index (χ3n) is 1.21. The van der Waals surface area contributed by atoms with E-state index in [1.807, 2.05) is 0 Å². The molecule has 0 saturated carbocycles. The highest BCUT2D eigenvalue weighted by molar-refractivity contribution is 9.10. The number of phenolic OH excluding ortho intramolecular Hbond substituents is 1. The van der Waals surface area contributed by atoms with Gasteiger partial charge in [-0.15, -0.1) is 0 Å². The molecular weight excluding hydrogens is 249 g/mol. The van der Waals surface area contributed by atoms with E-state index in [9.17, 15) is 10.1 Å². The van der Waals surface area contributed by atoms with Gasteiger partial charge in [0.05, 0.1) is 15.5 Å². The standard InChI is InChI=1S/C6H3BrClNO3/c7-3-1-4(8)5(9(11)12)2-6(3)10/h1-2,10H. The zero-order valence-electron chi connectivity index (χ0n) is 5.62. The van der Waals surface area contributed by atoms with Crippen molar-refractivity contribution in [3.8, 4) is 5.75 Å². The summed E-state index contributed by atoms with van der Waals surface area (Å²) in [5.41, 5.74) is -0.308. The number of nitro benzene ring substituents is 1. The molecule has 0 amide bonds. The van der Waals surface area contributed by atoms with Gasteiger partial charge in [0.1, 0.15) is 10.8 Å². The second-order valence-corrected chi connectivity index (χ2v) is 3.27. The van der Waals surface area contributed by atoms with Crippen LogP contribution >= 0.6 is 27.5 Å². The van der Waals surface area contributed by atoms with Crippen molar-refractivity contribution in [2.45, 2.75) is 0 Å². The Labute approximate surface area is 81.0 Å². The van der Waals surface area contributed by atoms with Crippen molar-refractivity contribution >= 4 is 33.2 Å². The summed E-state index contributed by atoms with van der Waals surface area (Å²) in [5, 5.41) is 19.3. The van der Waals surface area contributed by atoms with Crippen LogP contribution in [0.3, 0.4) is 0 Å². The lowest BCUT2D eigenvalue weighted by atomic mass is 10.3. The van der Waals surface area contributed by atoms with Crippen LogP contribution in [0.5, 0.6) is 5.75 Å². The van der Waals surface area contributed by atoms with Crippen molar-refractivity contribution in [3.05, 3.63) is 31.7 Å². The minimum Gasteiger partial charge on any atom is -0.507 e. The van der Waals surface area contributed by atoms with Gasteiger partial charge in [-0.2, -0.15) is 0 Å². The first kappa shape index (κ1) is 9.28. The number of hydrogen-bond donors (Lipinski definition) is 1. The average Bonchev–Trinajstić information content (AvgIpc) is 1.96. The lowest BCUT2D eigenvalue weighted by Crippen LogP contribution is -1.88. The summed E-state index contributed by atoms with van der Waals surface area (Å²) in [5.74, 6) is -0.203. The van der Waals surface area contributed by atoms with Crippen LogP contribution in [0.15, 0.2) is 16.6 Å². The molecule has 1 aromatic rings. The minimum atomic E-state index is -0.658. The molecule has 12 heavy (non-hydrogen) atoms. The van der Waals surface area contributed by atoms with Crippen molar-refractivity contribution in [2.24, 2.45) is 0 Å². The number of halogens is 2. The first-order valence-electron chi connectivity index (χ1n) is 2.85. The highest BCUT2D eigenvalue weighted by Gasteiger charge is 2.14. The number of nitrogens with zero attached hydrogens (tertiary/aromatic N) is 1. The monoisotopic (exact) mass is 251 g/mol. The molecule has 0 spiro atoms. The minimum absolute atomic E-state index is 0.00956. The normalized spacial score (nSPS) is 9.83. The van der Waals surface area contributed by atoms with Gasteiger partial charge in [-0.3, -0.25) is 10.1 Å². The quantitative estimate of drug-likeness (QED) is 0.617. The van der Waals surface area contributed by atoms with Gasteiger partial charge in [-0.1, -0.05) is 11.6 Å². The Hall–Kier alpha value is -0.810. The van der Waals surface area contributed by atoms with E-state index in [0.717, 1.165) is 6.07 Å². The predicted octanol–water partition coefficient (Wildman–Crippen LogP) is 2.72. The second kappa shape index (κ2) is 3.28. The topological polar surface area (TPSA) is 63.4 Å². The maximum absolute atomic E-state index is 10.3. The Balaban J connectivity index is 3.33. The van der Waals surface area contributed by atoms with Gasteiger partial charge in [0.2, 0.25) is 0 Å². The largest absolute Gasteiger partial charge is 0.507 e. The molecule has 0 fully saturated rings. The molecule has 0 radical (unpaired) electrons. The number of hydrogen-bond acceptors (Lipinski definition) is 3. The first-order valence-corrected chi connectivity index (χ1v) is 4.02. The number of phenols is 1. The van der Waals surface area contributed by atoms with E-state index in [2.05, 4.69) is 15.9 Å². The number of nitro groups is 1. The van der Waals surface area contributed by atoms with E-state index in [4.69, 9.17) is 16.7 Å². The summed E-state index contributed by atoms with van der Waals surface area (Å²) >= 11 is 8.49. The van der Waals surface area contributed by atoms with E-state index in [-0.39, 0.29) is 16.5 Å². The van der Waals surface area contributed by atoms with Gasteiger partial charge >= 0.3 is 0 Å². The zero-order chi connectivity index (χ0) is 9.30. The number of benzene rings is 1. The van der Waals surface area contributed by atoms with Crippen LogP contribution in [0.2, 0.25) is 5.02 Å². The van der Waals surface area contributed by atoms with Crippen LogP contribution in [0.4, 0.5) is 5.69 Å². The molecule has 4 nitrogen and oxygen atoms in total. The molecule has 64 valence electrons. The highest BCUT2D eigenvalue weighted by atomic mass is 79.9. The van der Waals surface area contributed by atoms with Crippen LogP contribution in [0.25, 0.3) is 0 Å². The smallest absolute Gasteiger partial charge is 0.291 e. The predicted molar refractivity (Wildman–Crippen MR) is 47.5 cm³/mol. The molecule has 0 bridgehead atoms. The number of aromatic hydroxyl groups is 1. The summed E-state index contributed by atoms with van der Waals surface area (Å²) in [6, 6.07) is 2.27. The highest BCUT2D eigenvalue weighted by Crippen LogP contribution is 2.34. The molecule has 6 heteroatoms. The lowest BCUT2D eigenvalue weighted by Gasteiger charge is -1.98. The first-order chi connectivity index (χ1) is 5.52. The summed E-state index contributed by atoms with van der Waals surface area (Å²) in [7, 11) is 0. The van der Waals surface area contributed by atoms with Gasteiger partial charge in [0, 0.05) is 0 Å². The Bertz CT molecular complexity index is 342. The van der Waals surface area contributed by atoms with Gasteiger partial charge in [0.25, 0.3) is 5.69 Å². The fourth-order valence-electron chi connectivity index (χ4n) is 0.666. The molecule has 0 saturated heterocycles. The van der Waals surface area contributed by atoms with Crippen molar-refractivity contribution in [1.29, 1.82) is 0 Å². The van der Waals surface area contributed by atoms with Crippen molar-refractivity contribution in [3.63, 3.8) is 0 Å². The molecule has 0 aliphatic carbocycles. The molecule has 0 aliphatic heterocycles. The lowest BCUT2D eigenvalue weighted by molar-refractivity contribution is -0.384. The van der Waals surface area contributed by atoms with Crippen molar-refractivity contribution < 1.29 is 10.0 Å².